The maximum absolute atomic E-state index is 13.6. The number of aliphatic carboxylic acids is 1. The van der Waals surface area contributed by atoms with Crippen LogP contribution >= 0.6 is 0 Å². The molecule has 15 N–H and O–H groups in total. The van der Waals surface area contributed by atoms with Crippen LogP contribution in [0, 0.1) is 5.92 Å². The molecule has 0 fully saturated rings. The highest BCUT2D eigenvalue weighted by Gasteiger charge is 2.31. The molecular weight excluding hydrogens is 582 g/mol. The molecule has 0 aromatic carbocycles. The Morgan fingerprint density at radius 1 is 0.511 bits per heavy atom. The highest BCUT2D eigenvalue weighted by Crippen LogP contribution is 2.11. The standard InChI is InChI=1S/C30H61N9O6/c1-20(2)19-25(29(43)38-24(30(44)45)14-6-10-18-34)39-28(42)23(13-5-9-17-33)37-27(41)22(12-4-8-16-32)36-26(40)21(35)11-3-7-15-31/h20-25H,3-19,31-35H2,1-2H3,(H,36,40)(H,37,41)(H,38,43)(H,39,42)(H,44,45)/t21-,22-,23-,24-,25-/m0/s1. The van der Waals surface area contributed by atoms with E-state index in [9.17, 15) is 29.1 Å². The second-order valence-electron chi connectivity index (χ2n) is 12.0. The molecule has 0 aromatic rings. The molecule has 0 spiro atoms. The fourth-order valence-corrected chi connectivity index (χ4v) is 4.71. The lowest BCUT2D eigenvalue weighted by Crippen LogP contribution is -2.58. The second-order valence-corrected chi connectivity index (χ2v) is 12.0. The number of carboxylic acid groups (broad SMARTS) is 1. The van der Waals surface area contributed by atoms with Crippen molar-refractivity contribution in [1.29, 1.82) is 0 Å². The van der Waals surface area contributed by atoms with Crippen molar-refractivity contribution < 1.29 is 29.1 Å². The summed E-state index contributed by atoms with van der Waals surface area (Å²) in [6.45, 7) is 5.45. The first-order valence-corrected chi connectivity index (χ1v) is 16.4. The number of nitrogens with one attached hydrogen (secondary N) is 4. The van der Waals surface area contributed by atoms with Crippen molar-refractivity contribution >= 4 is 29.6 Å². The van der Waals surface area contributed by atoms with Gasteiger partial charge in [0.25, 0.3) is 0 Å². The van der Waals surface area contributed by atoms with Crippen LogP contribution in [0.15, 0.2) is 0 Å². The van der Waals surface area contributed by atoms with Gasteiger partial charge in [-0.25, -0.2) is 4.79 Å². The third kappa shape index (κ3) is 19.3. The van der Waals surface area contributed by atoms with E-state index in [0.717, 1.165) is 6.42 Å². The van der Waals surface area contributed by atoms with Crippen molar-refractivity contribution in [3.8, 4) is 0 Å². The summed E-state index contributed by atoms with van der Waals surface area (Å²) in [4.78, 5) is 64.8. The molecule has 0 bridgehead atoms. The normalized spacial score (nSPS) is 14.6. The summed E-state index contributed by atoms with van der Waals surface area (Å²) in [5.41, 5.74) is 28.4. The van der Waals surface area contributed by atoms with Crippen LogP contribution in [0.4, 0.5) is 0 Å². The molecule has 45 heavy (non-hydrogen) atoms. The Labute approximate surface area is 268 Å². The molecule has 262 valence electrons. The first-order valence-electron chi connectivity index (χ1n) is 16.4. The van der Waals surface area contributed by atoms with E-state index < -0.39 is 59.8 Å². The number of amides is 4. The van der Waals surface area contributed by atoms with E-state index in [-0.39, 0.29) is 25.2 Å². The largest absolute Gasteiger partial charge is 0.480 e. The molecule has 5 atom stereocenters. The van der Waals surface area contributed by atoms with Gasteiger partial charge in [0.1, 0.15) is 24.2 Å². The average Bonchev–Trinajstić information content (AvgIpc) is 2.98. The minimum atomic E-state index is -1.18. The lowest BCUT2D eigenvalue weighted by atomic mass is 10.0. The first-order chi connectivity index (χ1) is 21.4. The predicted molar refractivity (Wildman–Crippen MR) is 174 cm³/mol. The van der Waals surface area contributed by atoms with E-state index in [4.69, 9.17) is 28.7 Å². The lowest BCUT2D eigenvalue weighted by Gasteiger charge is -2.27. The van der Waals surface area contributed by atoms with Crippen LogP contribution < -0.4 is 49.9 Å². The summed E-state index contributed by atoms with van der Waals surface area (Å²) in [5.74, 6) is -3.44. The summed E-state index contributed by atoms with van der Waals surface area (Å²) in [6.07, 6.45) is 6.25. The van der Waals surface area contributed by atoms with E-state index in [1.165, 1.54) is 0 Å². The van der Waals surface area contributed by atoms with Gasteiger partial charge in [0.2, 0.25) is 23.6 Å². The number of hydrogen-bond donors (Lipinski definition) is 10. The molecule has 0 heterocycles. The van der Waals surface area contributed by atoms with Gasteiger partial charge in [-0.05, 0) is 109 Å². The minimum absolute atomic E-state index is 0.0111. The fourth-order valence-electron chi connectivity index (χ4n) is 4.71. The van der Waals surface area contributed by atoms with Crippen LogP contribution in [-0.2, 0) is 24.0 Å². The van der Waals surface area contributed by atoms with E-state index in [1.54, 1.807) is 0 Å². The minimum Gasteiger partial charge on any atom is -0.480 e. The Balaban J connectivity index is 5.84. The Hall–Kier alpha value is -2.85. The van der Waals surface area contributed by atoms with Gasteiger partial charge < -0.3 is 55.0 Å². The van der Waals surface area contributed by atoms with Gasteiger partial charge >= 0.3 is 5.97 Å². The number of rotatable bonds is 27. The Bertz CT molecular complexity index is 877. The summed E-state index contributed by atoms with van der Waals surface area (Å²) in [6, 6.07) is -4.96. The summed E-state index contributed by atoms with van der Waals surface area (Å²) in [7, 11) is 0. The number of unbranched alkanes of at least 4 members (excludes halogenated alkanes) is 4. The van der Waals surface area contributed by atoms with Gasteiger partial charge in [-0.3, -0.25) is 19.2 Å². The van der Waals surface area contributed by atoms with Crippen LogP contribution in [0.25, 0.3) is 0 Å². The number of carbonyl (C=O) groups excluding carboxylic acids is 4. The highest BCUT2D eigenvalue weighted by molar-refractivity contribution is 5.95. The van der Waals surface area contributed by atoms with Gasteiger partial charge in [-0.2, -0.15) is 0 Å². The molecule has 4 amide bonds. The van der Waals surface area contributed by atoms with Gasteiger partial charge in [0.05, 0.1) is 6.04 Å². The molecule has 0 aliphatic carbocycles. The molecule has 15 nitrogen and oxygen atoms in total. The Morgan fingerprint density at radius 3 is 1.24 bits per heavy atom. The monoisotopic (exact) mass is 643 g/mol. The SMILES string of the molecule is CC(C)C[C@H](NC(=O)[C@H](CCCCN)NC(=O)[C@H](CCCCN)NC(=O)[C@@H](N)CCCCN)C(=O)N[C@@H](CCCCN)C(=O)O. The second kappa shape index (κ2) is 25.4. The van der Waals surface area contributed by atoms with Crippen LogP contribution in [0.2, 0.25) is 0 Å². The van der Waals surface area contributed by atoms with E-state index in [1.807, 2.05) is 13.8 Å². The molecule has 0 saturated carbocycles. The third-order valence-electron chi connectivity index (χ3n) is 7.37. The number of nitrogens with two attached hydrogens (primary N) is 5. The van der Waals surface area contributed by atoms with Crippen LogP contribution in [0.5, 0.6) is 0 Å². The lowest BCUT2D eigenvalue weighted by molar-refractivity contribution is -0.142. The summed E-state index contributed by atoms with van der Waals surface area (Å²) in [5, 5.41) is 20.4. The third-order valence-corrected chi connectivity index (χ3v) is 7.37. The van der Waals surface area contributed by atoms with Crippen molar-refractivity contribution in [2.75, 3.05) is 26.2 Å². The summed E-state index contributed by atoms with van der Waals surface area (Å²) >= 11 is 0. The van der Waals surface area contributed by atoms with Gasteiger partial charge in [-0.1, -0.05) is 20.3 Å². The molecule has 0 saturated heterocycles. The molecule has 0 aromatic heterocycles. The van der Waals surface area contributed by atoms with Crippen molar-refractivity contribution in [2.45, 2.75) is 128 Å². The van der Waals surface area contributed by atoms with Gasteiger partial charge in [-0.15, -0.1) is 0 Å². The van der Waals surface area contributed by atoms with Crippen molar-refractivity contribution in [3.05, 3.63) is 0 Å². The molecule has 0 radical (unpaired) electrons. The van der Waals surface area contributed by atoms with Crippen LogP contribution in [0.1, 0.15) is 97.3 Å². The zero-order valence-corrected chi connectivity index (χ0v) is 27.4. The quantitative estimate of drug-likeness (QED) is 0.0479. The van der Waals surface area contributed by atoms with Gasteiger partial charge in [0, 0.05) is 0 Å². The molecule has 0 aliphatic heterocycles. The maximum Gasteiger partial charge on any atom is 0.326 e. The van der Waals surface area contributed by atoms with Crippen LogP contribution in [0.3, 0.4) is 0 Å². The Kier molecular flexibility index (Phi) is 23.7. The Morgan fingerprint density at radius 2 is 0.844 bits per heavy atom. The van der Waals surface area contributed by atoms with Crippen molar-refractivity contribution in [1.82, 2.24) is 21.3 Å². The molecule has 15 heteroatoms. The molecule has 0 aliphatic rings. The summed E-state index contributed by atoms with van der Waals surface area (Å²) < 4.78 is 0. The number of carboxylic acids is 1. The molecule has 0 rings (SSSR count). The number of carbonyl (C=O) groups is 5. The zero-order valence-electron chi connectivity index (χ0n) is 27.4. The maximum atomic E-state index is 13.6. The van der Waals surface area contributed by atoms with Crippen LogP contribution in [-0.4, -0.2) is 91.1 Å². The zero-order chi connectivity index (χ0) is 34.2. The van der Waals surface area contributed by atoms with E-state index >= 15 is 0 Å². The topological polar surface area (TPSA) is 284 Å². The molecular formula is C30H61N9O6. The van der Waals surface area contributed by atoms with Gasteiger partial charge in [0.15, 0.2) is 0 Å². The predicted octanol–water partition coefficient (Wildman–Crippen LogP) is -1.10. The average molecular weight is 644 g/mol. The molecule has 0 unspecified atom stereocenters. The van der Waals surface area contributed by atoms with E-state index in [2.05, 4.69) is 21.3 Å². The highest BCUT2D eigenvalue weighted by atomic mass is 16.4. The number of hydrogen-bond acceptors (Lipinski definition) is 10. The van der Waals surface area contributed by atoms with Crippen molar-refractivity contribution in [3.63, 3.8) is 0 Å². The fraction of sp³-hybridized carbons (Fsp3) is 0.833. The van der Waals surface area contributed by atoms with Crippen molar-refractivity contribution in [2.24, 2.45) is 34.6 Å². The first kappa shape index (κ1) is 42.1. The van der Waals surface area contributed by atoms with E-state index in [0.29, 0.717) is 84.0 Å². The smallest absolute Gasteiger partial charge is 0.326 e.